The molecule has 4 heterocycles. The molecule has 1 unspecified atom stereocenters. The van der Waals surface area contributed by atoms with Crippen LogP contribution in [0, 0.1) is 11.8 Å². The Kier molecular flexibility index (Phi) is 18.3. The van der Waals surface area contributed by atoms with E-state index in [0.717, 1.165) is 25.0 Å². The van der Waals surface area contributed by atoms with Gasteiger partial charge in [-0.05, 0) is 43.7 Å². The van der Waals surface area contributed by atoms with Crippen LogP contribution in [-0.4, -0.2) is 150 Å². The number of anilines is 1. The average Bonchev–Trinajstić information content (AvgIpc) is 3.86. The van der Waals surface area contributed by atoms with Crippen molar-refractivity contribution in [3.05, 3.63) is 30.3 Å². The molecule has 19 heteroatoms. The number of rotatable bonds is 26. The van der Waals surface area contributed by atoms with Gasteiger partial charge in [0.2, 0.25) is 33.7 Å². The standard InChI is InChI=1S/C38H58N6O11S2/c45-33(9-5-4-8-32-36-31(27-56-32)41-38(49)42-36)39-13-17-52-19-21-54-23-24-55-22-20-53-18-14-40-34(46)12-25-57(50,51)43-15-10-28(11-16-43)30-26-35(47)44(37(30)48)29-6-2-1-3-7-29/h1-3,6-7,28,30-32,36H,4-5,8-27H2,(H,39,45)(H,40,46)(H2,41,42,49)/t30?,31-,32-,36-/m0/s1. The summed E-state index contributed by atoms with van der Waals surface area (Å²) in [5, 5.41) is 11.9. The van der Waals surface area contributed by atoms with Crippen LogP contribution in [0.1, 0.15) is 51.4 Å². The van der Waals surface area contributed by atoms with Crippen LogP contribution in [0.2, 0.25) is 0 Å². The first-order valence-corrected chi connectivity index (χ1v) is 22.7. The topological polar surface area (TPSA) is 211 Å². The Labute approximate surface area is 339 Å². The number of thioether (sulfide) groups is 1. The van der Waals surface area contributed by atoms with Crippen LogP contribution in [0.4, 0.5) is 10.5 Å². The SMILES string of the molecule is O=C(CCCC[C@@H]1SC[C@@H]2NC(=O)N[C@@H]21)NCCOCCOCCOCCOCCNC(=O)CCS(=O)(=O)N1CCC(C2CC(=O)N(c3ccccc3)C2=O)CC1. The van der Waals surface area contributed by atoms with Crippen molar-refractivity contribution >= 4 is 57.1 Å². The second-order valence-electron chi connectivity index (χ2n) is 14.5. The summed E-state index contributed by atoms with van der Waals surface area (Å²) >= 11 is 1.88. The minimum absolute atomic E-state index is 0.0132. The molecule has 1 aromatic rings. The lowest BCUT2D eigenvalue weighted by molar-refractivity contribution is -0.124. The van der Waals surface area contributed by atoms with E-state index < -0.39 is 15.9 Å². The molecule has 318 valence electrons. The fraction of sp³-hybridized carbons (Fsp3) is 0.711. The molecule has 57 heavy (non-hydrogen) atoms. The van der Waals surface area contributed by atoms with Crippen LogP contribution in [0.25, 0.3) is 0 Å². The summed E-state index contributed by atoms with van der Waals surface area (Å²) in [5.74, 6) is -0.716. The maximum atomic E-state index is 13.1. The molecular formula is C38H58N6O11S2. The molecule has 0 spiro atoms. The van der Waals surface area contributed by atoms with Crippen molar-refractivity contribution in [2.75, 3.05) is 95.4 Å². The number of amides is 6. The van der Waals surface area contributed by atoms with E-state index in [1.54, 1.807) is 24.3 Å². The van der Waals surface area contributed by atoms with Gasteiger partial charge in [-0.2, -0.15) is 11.8 Å². The molecule has 4 aliphatic rings. The molecule has 0 radical (unpaired) electrons. The highest BCUT2D eigenvalue weighted by molar-refractivity contribution is 8.00. The molecule has 4 fully saturated rings. The van der Waals surface area contributed by atoms with Crippen molar-refractivity contribution in [2.45, 2.75) is 68.7 Å². The molecule has 0 bridgehead atoms. The van der Waals surface area contributed by atoms with Gasteiger partial charge in [-0.25, -0.2) is 17.5 Å². The molecule has 0 aliphatic carbocycles. The molecule has 6 amide bonds. The second kappa shape index (κ2) is 23.3. The van der Waals surface area contributed by atoms with E-state index in [4.69, 9.17) is 18.9 Å². The van der Waals surface area contributed by atoms with Crippen molar-refractivity contribution in [3.8, 4) is 0 Å². The Morgan fingerprint density at radius 2 is 1.39 bits per heavy atom. The Hall–Kier alpha value is -3.33. The molecule has 4 atom stereocenters. The normalized spacial score (nSPS) is 22.7. The minimum atomic E-state index is -3.65. The van der Waals surface area contributed by atoms with Gasteiger partial charge in [0.15, 0.2) is 0 Å². The smallest absolute Gasteiger partial charge is 0.315 e. The summed E-state index contributed by atoms with van der Waals surface area (Å²) in [5.41, 5.74) is 0.555. The zero-order valence-corrected chi connectivity index (χ0v) is 34.2. The Morgan fingerprint density at radius 1 is 0.789 bits per heavy atom. The minimum Gasteiger partial charge on any atom is -0.377 e. The van der Waals surface area contributed by atoms with Crippen LogP contribution in [0.3, 0.4) is 0 Å². The van der Waals surface area contributed by atoms with E-state index in [1.807, 2.05) is 17.8 Å². The van der Waals surface area contributed by atoms with E-state index in [-0.39, 0.29) is 92.5 Å². The summed E-state index contributed by atoms with van der Waals surface area (Å²) in [7, 11) is -3.65. The third-order valence-electron chi connectivity index (χ3n) is 10.6. The monoisotopic (exact) mass is 838 g/mol. The van der Waals surface area contributed by atoms with Gasteiger partial charge in [0.05, 0.1) is 82.3 Å². The van der Waals surface area contributed by atoms with Crippen molar-refractivity contribution in [1.82, 2.24) is 25.6 Å². The predicted octanol–water partition coefficient (Wildman–Crippen LogP) is 1.02. The summed E-state index contributed by atoms with van der Waals surface area (Å²) in [6.07, 6.45) is 4.16. The first kappa shape index (κ1) is 44.8. The number of nitrogens with zero attached hydrogens (tertiary/aromatic N) is 2. The van der Waals surface area contributed by atoms with E-state index in [9.17, 15) is 32.4 Å². The van der Waals surface area contributed by atoms with Gasteiger partial charge in [0.1, 0.15) is 0 Å². The number of hydrogen-bond acceptors (Lipinski definition) is 12. The number of carbonyl (C=O) groups is 5. The Morgan fingerprint density at radius 3 is 2.02 bits per heavy atom. The largest absolute Gasteiger partial charge is 0.377 e. The lowest BCUT2D eigenvalue weighted by atomic mass is 9.84. The second-order valence-corrected chi connectivity index (χ2v) is 17.9. The van der Waals surface area contributed by atoms with Crippen molar-refractivity contribution in [2.24, 2.45) is 11.8 Å². The number of nitrogens with one attached hydrogen (secondary N) is 4. The predicted molar refractivity (Wildman–Crippen MR) is 213 cm³/mol. The molecule has 0 saturated carbocycles. The van der Waals surface area contributed by atoms with Gasteiger partial charge in [-0.1, -0.05) is 24.6 Å². The van der Waals surface area contributed by atoms with Gasteiger partial charge in [-0.3, -0.25) is 24.1 Å². The first-order chi connectivity index (χ1) is 27.6. The van der Waals surface area contributed by atoms with Gasteiger partial charge in [0.25, 0.3) is 0 Å². The number of para-hydroxylation sites is 1. The highest BCUT2D eigenvalue weighted by Crippen LogP contribution is 2.36. The van der Waals surface area contributed by atoms with E-state index in [2.05, 4.69) is 21.3 Å². The number of hydrogen-bond donors (Lipinski definition) is 4. The third kappa shape index (κ3) is 14.2. The molecule has 4 aliphatic heterocycles. The molecule has 5 rings (SSSR count). The summed E-state index contributed by atoms with van der Waals surface area (Å²) in [6.45, 7) is 4.15. The number of benzene rings is 1. The number of fused-ring (bicyclic) bond motifs is 1. The number of carbonyl (C=O) groups excluding carboxylic acids is 5. The summed E-state index contributed by atoms with van der Waals surface area (Å²) in [4.78, 5) is 62.8. The number of ether oxygens (including phenoxy) is 4. The van der Waals surface area contributed by atoms with Crippen molar-refractivity contribution in [1.29, 1.82) is 0 Å². The number of urea groups is 1. The van der Waals surface area contributed by atoms with Crippen LogP contribution >= 0.6 is 11.8 Å². The van der Waals surface area contributed by atoms with Crippen molar-refractivity contribution in [3.63, 3.8) is 0 Å². The third-order valence-corrected chi connectivity index (χ3v) is 14.0. The van der Waals surface area contributed by atoms with E-state index in [1.165, 1.54) is 9.21 Å². The molecule has 4 N–H and O–H groups in total. The molecule has 17 nitrogen and oxygen atoms in total. The zero-order valence-electron chi connectivity index (χ0n) is 32.5. The van der Waals surface area contributed by atoms with Crippen LogP contribution in [0.5, 0.6) is 0 Å². The fourth-order valence-electron chi connectivity index (χ4n) is 7.52. The quantitative estimate of drug-likeness (QED) is 0.0586. The van der Waals surface area contributed by atoms with Gasteiger partial charge in [0, 0.05) is 56.4 Å². The van der Waals surface area contributed by atoms with Crippen LogP contribution in [0.15, 0.2) is 30.3 Å². The van der Waals surface area contributed by atoms with Gasteiger partial charge < -0.3 is 40.2 Å². The molecule has 1 aromatic carbocycles. The van der Waals surface area contributed by atoms with Gasteiger partial charge in [-0.15, -0.1) is 0 Å². The number of unbranched alkanes of at least 4 members (excludes halogenated alkanes) is 1. The first-order valence-electron chi connectivity index (χ1n) is 20.0. The maximum absolute atomic E-state index is 13.1. The summed E-state index contributed by atoms with van der Waals surface area (Å²) in [6, 6.07) is 9.18. The molecular weight excluding hydrogens is 781 g/mol. The molecule has 4 saturated heterocycles. The lowest BCUT2D eigenvalue weighted by Crippen LogP contribution is -2.43. The fourth-order valence-corrected chi connectivity index (χ4v) is 10.5. The number of sulfonamides is 1. The lowest BCUT2D eigenvalue weighted by Gasteiger charge is -2.33. The Balaban J connectivity index is 0.768. The van der Waals surface area contributed by atoms with Crippen molar-refractivity contribution < 1.29 is 51.3 Å². The molecule has 0 aromatic heterocycles. The van der Waals surface area contributed by atoms with E-state index >= 15 is 0 Å². The number of piperidine rings is 1. The number of imide groups is 1. The van der Waals surface area contributed by atoms with Gasteiger partial charge >= 0.3 is 6.03 Å². The zero-order chi connectivity index (χ0) is 40.5. The Bertz CT molecular complexity index is 1580. The van der Waals surface area contributed by atoms with Crippen LogP contribution < -0.4 is 26.2 Å². The summed E-state index contributed by atoms with van der Waals surface area (Å²) < 4.78 is 49.2. The van der Waals surface area contributed by atoms with Crippen LogP contribution in [-0.2, 0) is 48.1 Å². The highest BCUT2D eigenvalue weighted by Gasteiger charge is 2.45. The highest BCUT2D eigenvalue weighted by atomic mass is 32.2. The van der Waals surface area contributed by atoms with E-state index in [0.29, 0.717) is 83.0 Å². The average molecular weight is 839 g/mol. The maximum Gasteiger partial charge on any atom is 0.315 e.